The SMILES string of the molecule is O=C(NCc1cnc[nH]1)c1ccc2c(c1)CCN2. The van der Waals surface area contributed by atoms with Gasteiger partial charge in [-0.15, -0.1) is 0 Å². The highest BCUT2D eigenvalue weighted by atomic mass is 16.1. The van der Waals surface area contributed by atoms with Crippen LogP contribution in [0.3, 0.4) is 0 Å². The molecule has 0 unspecified atom stereocenters. The van der Waals surface area contributed by atoms with Gasteiger partial charge >= 0.3 is 0 Å². The standard InChI is InChI=1S/C13H14N4O/c18-13(16-7-11-6-14-8-17-11)10-1-2-12-9(5-10)3-4-15-12/h1-2,5-6,8,15H,3-4,7H2,(H,14,17)(H,16,18). The van der Waals surface area contributed by atoms with Crippen molar-refractivity contribution in [2.75, 3.05) is 11.9 Å². The number of fused-ring (bicyclic) bond motifs is 1. The predicted molar refractivity (Wildman–Crippen MR) is 68.4 cm³/mol. The van der Waals surface area contributed by atoms with Crippen molar-refractivity contribution in [2.45, 2.75) is 13.0 Å². The Morgan fingerprint density at radius 3 is 3.22 bits per heavy atom. The first-order chi connectivity index (χ1) is 8.83. The summed E-state index contributed by atoms with van der Waals surface area (Å²) in [6.45, 7) is 1.42. The molecule has 5 heteroatoms. The van der Waals surface area contributed by atoms with Crippen LogP contribution < -0.4 is 10.6 Å². The zero-order chi connectivity index (χ0) is 12.4. The zero-order valence-electron chi connectivity index (χ0n) is 9.86. The molecule has 92 valence electrons. The largest absolute Gasteiger partial charge is 0.384 e. The van der Waals surface area contributed by atoms with Crippen LogP contribution in [0.5, 0.6) is 0 Å². The molecule has 3 N–H and O–H groups in total. The maximum Gasteiger partial charge on any atom is 0.251 e. The average molecular weight is 242 g/mol. The van der Waals surface area contributed by atoms with Crippen molar-refractivity contribution in [1.29, 1.82) is 0 Å². The Hall–Kier alpha value is -2.30. The fourth-order valence-corrected chi connectivity index (χ4v) is 2.11. The van der Waals surface area contributed by atoms with Gasteiger partial charge in [-0.05, 0) is 30.2 Å². The number of hydrogen-bond acceptors (Lipinski definition) is 3. The van der Waals surface area contributed by atoms with E-state index in [4.69, 9.17) is 0 Å². The van der Waals surface area contributed by atoms with Crippen LogP contribution in [-0.2, 0) is 13.0 Å². The first-order valence-corrected chi connectivity index (χ1v) is 5.95. The molecule has 0 saturated heterocycles. The molecule has 1 aliphatic rings. The highest BCUT2D eigenvalue weighted by molar-refractivity contribution is 5.95. The number of imidazole rings is 1. The van der Waals surface area contributed by atoms with E-state index in [1.807, 2.05) is 18.2 Å². The number of hydrogen-bond donors (Lipinski definition) is 3. The average Bonchev–Trinajstić information content (AvgIpc) is 3.05. The Morgan fingerprint density at radius 2 is 2.39 bits per heavy atom. The van der Waals surface area contributed by atoms with Gasteiger partial charge in [0.15, 0.2) is 0 Å². The first kappa shape index (κ1) is 10.8. The van der Waals surface area contributed by atoms with Crippen LogP contribution in [0.4, 0.5) is 5.69 Å². The Balaban J connectivity index is 1.69. The van der Waals surface area contributed by atoms with E-state index in [1.54, 1.807) is 12.5 Å². The van der Waals surface area contributed by atoms with Crippen molar-refractivity contribution in [3.63, 3.8) is 0 Å². The monoisotopic (exact) mass is 242 g/mol. The number of carbonyl (C=O) groups is 1. The number of nitrogens with zero attached hydrogens (tertiary/aromatic N) is 1. The highest BCUT2D eigenvalue weighted by Gasteiger charge is 2.13. The highest BCUT2D eigenvalue weighted by Crippen LogP contribution is 2.22. The van der Waals surface area contributed by atoms with Gasteiger partial charge in [-0.2, -0.15) is 0 Å². The van der Waals surface area contributed by atoms with E-state index in [0.717, 1.165) is 24.3 Å². The van der Waals surface area contributed by atoms with Crippen molar-refractivity contribution in [3.05, 3.63) is 47.5 Å². The van der Waals surface area contributed by atoms with Crippen molar-refractivity contribution in [2.24, 2.45) is 0 Å². The second-order valence-electron chi connectivity index (χ2n) is 4.31. The Morgan fingerprint density at radius 1 is 1.44 bits per heavy atom. The lowest BCUT2D eigenvalue weighted by atomic mass is 10.1. The van der Waals surface area contributed by atoms with Gasteiger partial charge < -0.3 is 15.6 Å². The molecule has 0 radical (unpaired) electrons. The molecule has 0 aliphatic carbocycles. The minimum Gasteiger partial charge on any atom is -0.384 e. The number of H-pyrrole nitrogens is 1. The molecule has 1 amide bonds. The maximum absolute atomic E-state index is 12.0. The molecule has 2 heterocycles. The second-order valence-corrected chi connectivity index (χ2v) is 4.31. The van der Waals surface area contributed by atoms with Crippen LogP contribution in [0.15, 0.2) is 30.7 Å². The van der Waals surface area contributed by atoms with E-state index in [-0.39, 0.29) is 5.91 Å². The van der Waals surface area contributed by atoms with Gasteiger partial charge in [0, 0.05) is 24.0 Å². The molecule has 18 heavy (non-hydrogen) atoms. The summed E-state index contributed by atoms with van der Waals surface area (Å²) >= 11 is 0. The van der Waals surface area contributed by atoms with E-state index >= 15 is 0 Å². The van der Waals surface area contributed by atoms with Gasteiger partial charge in [-0.1, -0.05) is 0 Å². The maximum atomic E-state index is 12.0. The number of nitrogens with one attached hydrogen (secondary N) is 3. The predicted octanol–water partition coefficient (Wildman–Crippen LogP) is 1.31. The Kier molecular flexibility index (Phi) is 2.72. The molecule has 0 atom stereocenters. The topological polar surface area (TPSA) is 69.8 Å². The summed E-state index contributed by atoms with van der Waals surface area (Å²) in [6.07, 6.45) is 4.28. The third-order valence-electron chi connectivity index (χ3n) is 3.07. The molecule has 0 fully saturated rings. The van der Waals surface area contributed by atoms with E-state index in [1.165, 1.54) is 5.56 Å². The van der Waals surface area contributed by atoms with Gasteiger partial charge in [0.1, 0.15) is 0 Å². The van der Waals surface area contributed by atoms with E-state index in [0.29, 0.717) is 12.1 Å². The number of amides is 1. The molecule has 3 rings (SSSR count). The Labute approximate surface area is 105 Å². The molecule has 1 aromatic carbocycles. The normalized spacial score (nSPS) is 12.9. The summed E-state index contributed by atoms with van der Waals surface area (Å²) in [5.74, 6) is -0.0562. The molecule has 1 aromatic heterocycles. The quantitative estimate of drug-likeness (QED) is 0.760. The van der Waals surface area contributed by atoms with Crippen molar-refractivity contribution >= 4 is 11.6 Å². The van der Waals surface area contributed by atoms with Crippen molar-refractivity contribution < 1.29 is 4.79 Å². The number of rotatable bonds is 3. The summed E-state index contributed by atoms with van der Waals surface area (Å²) in [5, 5.41) is 6.14. The lowest BCUT2D eigenvalue weighted by Crippen LogP contribution is -2.23. The minimum absolute atomic E-state index is 0.0562. The van der Waals surface area contributed by atoms with Crippen molar-refractivity contribution in [3.8, 4) is 0 Å². The van der Waals surface area contributed by atoms with Gasteiger partial charge in [-0.3, -0.25) is 4.79 Å². The number of benzene rings is 1. The molecular formula is C13H14N4O. The van der Waals surface area contributed by atoms with Gasteiger partial charge in [0.2, 0.25) is 0 Å². The number of carbonyl (C=O) groups excluding carboxylic acids is 1. The van der Waals surface area contributed by atoms with Crippen LogP contribution in [0.1, 0.15) is 21.6 Å². The molecule has 5 nitrogen and oxygen atoms in total. The third-order valence-corrected chi connectivity index (χ3v) is 3.07. The Bertz CT molecular complexity index is 562. The van der Waals surface area contributed by atoms with E-state index in [2.05, 4.69) is 20.6 Å². The van der Waals surface area contributed by atoms with Crippen LogP contribution in [0.2, 0.25) is 0 Å². The van der Waals surface area contributed by atoms with Crippen LogP contribution in [0.25, 0.3) is 0 Å². The number of anilines is 1. The van der Waals surface area contributed by atoms with E-state index in [9.17, 15) is 4.79 Å². The lowest BCUT2D eigenvalue weighted by molar-refractivity contribution is 0.0950. The van der Waals surface area contributed by atoms with Crippen molar-refractivity contribution in [1.82, 2.24) is 15.3 Å². The molecule has 0 bridgehead atoms. The third kappa shape index (κ3) is 2.07. The summed E-state index contributed by atoms with van der Waals surface area (Å²) in [4.78, 5) is 18.8. The molecular weight excluding hydrogens is 228 g/mol. The smallest absolute Gasteiger partial charge is 0.251 e. The summed E-state index contributed by atoms with van der Waals surface area (Å²) < 4.78 is 0. The summed E-state index contributed by atoms with van der Waals surface area (Å²) in [6, 6.07) is 5.77. The van der Waals surface area contributed by atoms with Gasteiger partial charge in [0.25, 0.3) is 5.91 Å². The zero-order valence-corrected chi connectivity index (χ0v) is 9.86. The summed E-state index contributed by atoms with van der Waals surface area (Å²) in [7, 11) is 0. The van der Waals surface area contributed by atoms with Crippen LogP contribution >= 0.6 is 0 Å². The minimum atomic E-state index is -0.0562. The molecule has 2 aromatic rings. The molecule has 1 aliphatic heterocycles. The number of aromatic amines is 1. The van der Waals surface area contributed by atoms with Gasteiger partial charge in [0.05, 0.1) is 18.6 Å². The fraction of sp³-hybridized carbons (Fsp3) is 0.231. The van der Waals surface area contributed by atoms with Gasteiger partial charge in [-0.25, -0.2) is 4.98 Å². The van der Waals surface area contributed by atoms with Crippen LogP contribution in [-0.4, -0.2) is 22.4 Å². The molecule has 0 saturated carbocycles. The number of aromatic nitrogens is 2. The second kappa shape index (κ2) is 4.52. The fourth-order valence-electron chi connectivity index (χ4n) is 2.11. The lowest BCUT2D eigenvalue weighted by Gasteiger charge is -2.06. The summed E-state index contributed by atoms with van der Waals surface area (Å²) in [5.41, 5.74) is 3.95. The van der Waals surface area contributed by atoms with Crippen LogP contribution in [0, 0.1) is 0 Å². The molecule has 0 spiro atoms. The first-order valence-electron chi connectivity index (χ1n) is 5.95. The van der Waals surface area contributed by atoms with E-state index < -0.39 is 0 Å².